The fourth-order valence-electron chi connectivity index (χ4n) is 2.48. The molecule has 4 heterocycles. The third-order valence-corrected chi connectivity index (χ3v) is 7.36. The zero-order valence-corrected chi connectivity index (χ0v) is 14.9. The summed E-state index contributed by atoms with van der Waals surface area (Å²) in [4.78, 5) is 5.39. The van der Waals surface area contributed by atoms with Gasteiger partial charge in [-0.1, -0.05) is 18.7 Å². The fraction of sp³-hybridized carbons (Fsp3) is 0. The van der Waals surface area contributed by atoms with Crippen molar-refractivity contribution in [1.82, 2.24) is 0 Å². The first-order chi connectivity index (χ1) is 10.9. The summed E-state index contributed by atoms with van der Waals surface area (Å²) < 4.78 is 0. The van der Waals surface area contributed by atoms with Gasteiger partial charge < -0.3 is 0 Å². The first-order valence-electron chi connectivity index (χ1n) is 6.78. The molecule has 0 N–H and O–H groups in total. The average molecular weight is 357 g/mol. The quantitative estimate of drug-likeness (QED) is 0.353. The van der Waals surface area contributed by atoms with E-state index in [9.17, 15) is 0 Å². The molecular weight excluding hydrogens is 344 g/mol. The van der Waals surface area contributed by atoms with Gasteiger partial charge in [0.2, 0.25) is 0 Å². The lowest BCUT2D eigenvalue weighted by Gasteiger charge is -2.05. The predicted octanol–water partition coefficient (Wildman–Crippen LogP) is 7.58. The lowest BCUT2D eigenvalue weighted by molar-refractivity contribution is 1.79. The normalized spacial score (nSPS) is 10.9. The molecule has 4 aromatic heterocycles. The highest BCUT2D eigenvalue weighted by atomic mass is 32.1. The number of hydrogen-bond acceptors (Lipinski definition) is 4. The van der Waals surface area contributed by atoms with Crippen molar-refractivity contribution in [2.75, 3.05) is 0 Å². The van der Waals surface area contributed by atoms with Gasteiger partial charge in [-0.05, 0) is 51.3 Å². The Bertz CT molecular complexity index is 903. The average Bonchev–Trinajstić information content (AvgIpc) is 3.32. The van der Waals surface area contributed by atoms with Crippen molar-refractivity contribution < 1.29 is 0 Å². The molecule has 0 bridgehead atoms. The Balaban J connectivity index is 1.88. The second kappa shape index (κ2) is 5.97. The van der Waals surface area contributed by atoms with E-state index in [4.69, 9.17) is 0 Å². The molecule has 22 heavy (non-hydrogen) atoms. The van der Waals surface area contributed by atoms with Crippen LogP contribution in [0.25, 0.3) is 36.7 Å². The molecule has 0 amide bonds. The molecule has 0 saturated carbocycles. The molecule has 0 fully saturated rings. The van der Waals surface area contributed by atoms with Gasteiger partial charge in [-0.3, -0.25) is 0 Å². The smallest absolute Gasteiger partial charge is 0.0529 e. The van der Waals surface area contributed by atoms with Gasteiger partial charge >= 0.3 is 0 Å². The van der Waals surface area contributed by atoms with E-state index in [1.807, 2.05) is 28.7 Å². The SMILES string of the molecule is C=Cc1ccsc1-c1ccsc1-c1ccsc1-c1cccs1. The highest BCUT2D eigenvalue weighted by Crippen LogP contribution is 2.46. The fourth-order valence-corrected chi connectivity index (χ4v) is 6.27. The molecule has 0 aliphatic carbocycles. The van der Waals surface area contributed by atoms with Gasteiger partial charge in [0.25, 0.3) is 0 Å². The van der Waals surface area contributed by atoms with Crippen LogP contribution in [0, 0.1) is 0 Å². The van der Waals surface area contributed by atoms with Gasteiger partial charge in [-0.15, -0.1) is 45.3 Å². The van der Waals surface area contributed by atoms with Crippen LogP contribution in [0.3, 0.4) is 0 Å². The predicted molar refractivity (Wildman–Crippen MR) is 104 cm³/mol. The van der Waals surface area contributed by atoms with Crippen molar-refractivity contribution in [3.63, 3.8) is 0 Å². The summed E-state index contributed by atoms with van der Waals surface area (Å²) >= 11 is 7.23. The minimum atomic E-state index is 1.22. The Morgan fingerprint density at radius 3 is 2.09 bits per heavy atom. The summed E-state index contributed by atoms with van der Waals surface area (Å²) in [6.45, 7) is 3.94. The molecule has 0 aliphatic rings. The Morgan fingerprint density at radius 1 is 0.682 bits per heavy atom. The molecule has 0 spiro atoms. The third kappa shape index (κ3) is 2.32. The molecule has 0 aromatic carbocycles. The minimum absolute atomic E-state index is 1.22. The van der Waals surface area contributed by atoms with Gasteiger partial charge in [0, 0.05) is 25.8 Å². The second-order valence-corrected chi connectivity index (χ2v) is 8.41. The van der Waals surface area contributed by atoms with Crippen LogP contribution in [0.4, 0.5) is 0 Å². The Labute approximate surface area is 145 Å². The number of hydrogen-bond donors (Lipinski definition) is 0. The van der Waals surface area contributed by atoms with Crippen molar-refractivity contribution in [3.8, 4) is 30.6 Å². The molecule has 0 unspecified atom stereocenters. The molecule has 108 valence electrons. The van der Waals surface area contributed by atoms with E-state index >= 15 is 0 Å². The topological polar surface area (TPSA) is 0 Å². The van der Waals surface area contributed by atoms with Gasteiger partial charge in [-0.2, -0.15) is 0 Å². The van der Waals surface area contributed by atoms with Gasteiger partial charge in [0.15, 0.2) is 0 Å². The third-order valence-electron chi connectivity index (χ3n) is 3.48. The monoisotopic (exact) mass is 356 g/mol. The molecule has 0 nitrogen and oxygen atoms in total. The van der Waals surface area contributed by atoms with Crippen LogP contribution in [0.5, 0.6) is 0 Å². The second-order valence-electron chi connectivity index (χ2n) is 4.71. The van der Waals surface area contributed by atoms with E-state index in [1.54, 1.807) is 22.7 Å². The Kier molecular flexibility index (Phi) is 3.84. The van der Waals surface area contributed by atoms with Crippen LogP contribution in [0.15, 0.2) is 58.4 Å². The number of thiophene rings is 4. The van der Waals surface area contributed by atoms with Crippen LogP contribution in [0.1, 0.15) is 5.56 Å². The standard InChI is InChI=1S/C18H12S4/c1-2-12-5-9-20-16(12)13-6-10-21-17(13)14-7-11-22-18(14)15-4-3-8-19-15/h2-11H,1H2. The highest BCUT2D eigenvalue weighted by Gasteiger charge is 2.17. The van der Waals surface area contributed by atoms with Crippen molar-refractivity contribution in [2.24, 2.45) is 0 Å². The molecule has 0 saturated heterocycles. The lowest BCUT2D eigenvalue weighted by atomic mass is 10.1. The molecular formula is C18H12S4. The first-order valence-corrected chi connectivity index (χ1v) is 10.3. The van der Waals surface area contributed by atoms with E-state index < -0.39 is 0 Å². The zero-order valence-electron chi connectivity index (χ0n) is 11.6. The Hall–Kier alpha value is -1.46. The zero-order chi connectivity index (χ0) is 14.9. The largest absolute Gasteiger partial charge is 0.143 e. The van der Waals surface area contributed by atoms with Crippen LogP contribution in [-0.4, -0.2) is 0 Å². The maximum Gasteiger partial charge on any atom is 0.0529 e. The van der Waals surface area contributed by atoms with Crippen LogP contribution >= 0.6 is 45.3 Å². The molecule has 4 rings (SSSR count). The van der Waals surface area contributed by atoms with Gasteiger partial charge in [-0.25, -0.2) is 0 Å². The number of rotatable bonds is 4. The van der Waals surface area contributed by atoms with Crippen molar-refractivity contribution in [2.45, 2.75) is 0 Å². The lowest BCUT2D eigenvalue weighted by Crippen LogP contribution is -1.78. The van der Waals surface area contributed by atoms with Crippen LogP contribution < -0.4 is 0 Å². The first kappa shape index (κ1) is 14.2. The molecule has 0 aliphatic heterocycles. The van der Waals surface area contributed by atoms with E-state index in [2.05, 4.69) is 58.4 Å². The molecule has 4 aromatic rings. The summed E-state index contributed by atoms with van der Waals surface area (Å²) in [5, 5.41) is 8.66. The van der Waals surface area contributed by atoms with Crippen molar-refractivity contribution in [3.05, 3.63) is 64.0 Å². The Morgan fingerprint density at radius 2 is 1.36 bits per heavy atom. The highest BCUT2D eigenvalue weighted by molar-refractivity contribution is 7.21. The summed E-state index contributed by atoms with van der Waals surface area (Å²) in [5.74, 6) is 0. The van der Waals surface area contributed by atoms with Crippen molar-refractivity contribution in [1.29, 1.82) is 0 Å². The van der Waals surface area contributed by atoms with Crippen LogP contribution in [-0.2, 0) is 0 Å². The minimum Gasteiger partial charge on any atom is -0.143 e. The van der Waals surface area contributed by atoms with E-state index in [0.717, 1.165) is 0 Å². The molecule has 0 atom stereocenters. The van der Waals surface area contributed by atoms with E-state index in [0.29, 0.717) is 0 Å². The summed E-state index contributed by atoms with van der Waals surface area (Å²) in [6.07, 6.45) is 1.95. The van der Waals surface area contributed by atoms with Crippen LogP contribution in [0.2, 0.25) is 0 Å². The molecule has 0 radical (unpaired) electrons. The summed E-state index contributed by atoms with van der Waals surface area (Å²) in [5.41, 5.74) is 3.89. The summed E-state index contributed by atoms with van der Waals surface area (Å²) in [7, 11) is 0. The molecule has 4 heteroatoms. The maximum atomic E-state index is 3.94. The summed E-state index contributed by atoms with van der Waals surface area (Å²) in [6, 6.07) is 10.9. The van der Waals surface area contributed by atoms with E-state index in [-0.39, 0.29) is 0 Å². The van der Waals surface area contributed by atoms with E-state index in [1.165, 1.54) is 36.2 Å². The van der Waals surface area contributed by atoms with Crippen molar-refractivity contribution >= 4 is 51.4 Å². The van der Waals surface area contributed by atoms with Gasteiger partial charge in [0.1, 0.15) is 0 Å². The maximum absolute atomic E-state index is 3.94. The van der Waals surface area contributed by atoms with Gasteiger partial charge in [0.05, 0.1) is 4.88 Å².